The van der Waals surface area contributed by atoms with E-state index in [1.165, 1.54) is 16.8 Å². The quantitative estimate of drug-likeness (QED) is 0.943. The summed E-state index contributed by atoms with van der Waals surface area (Å²) in [5.41, 5.74) is 1.87. The molecule has 0 saturated heterocycles. The van der Waals surface area contributed by atoms with E-state index < -0.39 is 12.5 Å². The molecule has 112 valence electrons. The first-order valence-electron chi connectivity index (χ1n) is 6.24. The number of aryl methyl sites for hydroxylation is 3. The first-order chi connectivity index (χ1) is 9.86. The number of nitrogens with one attached hydrogen (secondary N) is 1. The highest BCUT2D eigenvalue weighted by Gasteiger charge is 2.16. The molecule has 0 radical (unpaired) electrons. The number of nitrogens with zero attached hydrogens (tertiary/aromatic N) is 2. The Hall–Kier alpha value is -2.44. The van der Waals surface area contributed by atoms with Gasteiger partial charge < -0.3 is 10.1 Å². The highest BCUT2D eigenvalue weighted by molar-refractivity contribution is 6.05. The number of amides is 1. The van der Waals surface area contributed by atoms with Gasteiger partial charge in [-0.1, -0.05) is 6.07 Å². The zero-order valence-corrected chi connectivity index (χ0v) is 11.9. The molecule has 0 unspecified atom stereocenters. The van der Waals surface area contributed by atoms with Gasteiger partial charge in [-0.15, -0.1) is 0 Å². The second-order valence-corrected chi connectivity index (χ2v) is 4.63. The lowest BCUT2D eigenvalue weighted by Gasteiger charge is -2.12. The largest absolute Gasteiger partial charge is 0.433 e. The Balaban J connectivity index is 2.26. The maximum absolute atomic E-state index is 12.4. The van der Waals surface area contributed by atoms with Crippen LogP contribution in [0, 0.1) is 13.8 Å². The Labute approximate surface area is 120 Å². The van der Waals surface area contributed by atoms with E-state index in [4.69, 9.17) is 0 Å². The summed E-state index contributed by atoms with van der Waals surface area (Å²) < 4.78 is 30.8. The SMILES string of the molecule is Cc1ccc(NC(=O)c2cn(C)nc2C)c(OC(F)F)c1. The van der Waals surface area contributed by atoms with Crippen molar-refractivity contribution in [1.29, 1.82) is 0 Å². The van der Waals surface area contributed by atoms with Gasteiger partial charge in [0.25, 0.3) is 5.91 Å². The van der Waals surface area contributed by atoms with Crippen molar-refractivity contribution >= 4 is 11.6 Å². The molecule has 2 aromatic rings. The van der Waals surface area contributed by atoms with Gasteiger partial charge in [0, 0.05) is 13.2 Å². The predicted octanol–water partition coefficient (Wildman–Crippen LogP) is 2.89. The third-order valence-corrected chi connectivity index (χ3v) is 2.86. The van der Waals surface area contributed by atoms with Gasteiger partial charge in [-0.25, -0.2) is 0 Å². The van der Waals surface area contributed by atoms with Crippen LogP contribution in [0.2, 0.25) is 0 Å². The number of rotatable bonds is 4. The van der Waals surface area contributed by atoms with Gasteiger partial charge in [0.15, 0.2) is 0 Å². The normalized spacial score (nSPS) is 10.8. The highest BCUT2D eigenvalue weighted by Crippen LogP contribution is 2.28. The number of benzene rings is 1. The van der Waals surface area contributed by atoms with E-state index in [0.717, 1.165) is 5.56 Å². The molecule has 2 rings (SSSR count). The number of hydrogen-bond acceptors (Lipinski definition) is 3. The molecule has 0 atom stereocenters. The molecular formula is C14H15F2N3O2. The summed E-state index contributed by atoms with van der Waals surface area (Å²) in [7, 11) is 1.70. The Kier molecular flexibility index (Phi) is 4.21. The van der Waals surface area contributed by atoms with Crippen LogP contribution >= 0.6 is 0 Å². The van der Waals surface area contributed by atoms with Crippen LogP contribution < -0.4 is 10.1 Å². The average Bonchev–Trinajstić information content (AvgIpc) is 2.71. The molecule has 0 fully saturated rings. The molecule has 21 heavy (non-hydrogen) atoms. The number of carbonyl (C=O) groups is 1. The van der Waals surface area contributed by atoms with Gasteiger partial charge in [-0.05, 0) is 31.5 Å². The average molecular weight is 295 g/mol. The summed E-state index contributed by atoms with van der Waals surface area (Å²) >= 11 is 0. The fourth-order valence-corrected chi connectivity index (χ4v) is 1.94. The number of aromatic nitrogens is 2. The molecule has 0 saturated carbocycles. The van der Waals surface area contributed by atoms with Crippen LogP contribution in [0.4, 0.5) is 14.5 Å². The minimum atomic E-state index is -2.96. The van der Waals surface area contributed by atoms with Crippen LogP contribution in [-0.2, 0) is 7.05 Å². The first-order valence-corrected chi connectivity index (χ1v) is 6.24. The number of carbonyl (C=O) groups excluding carboxylic acids is 1. The van der Waals surface area contributed by atoms with E-state index in [0.29, 0.717) is 11.3 Å². The van der Waals surface area contributed by atoms with Crippen molar-refractivity contribution in [1.82, 2.24) is 9.78 Å². The zero-order chi connectivity index (χ0) is 15.6. The molecule has 1 aromatic heterocycles. The minimum absolute atomic E-state index is 0.0695. The van der Waals surface area contributed by atoms with E-state index in [1.807, 2.05) is 0 Å². The van der Waals surface area contributed by atoms with Crippen molar-refractivity contribution in [3.63, 3.8) is 0 Å². The van der Waals surface area contributed by atoms with Crippen LogP contribution in [0.1, 0.15) is 21.6 Å². The monoisotopic (exact) mass is 295 g/mol. The fourth-order valence-electron chi connectivity index (χ4n) is 1.94. The predicted molar refractivity (Wildman–Crippen MR) is 73.7 cm³/mol. The topological polar surface area (TPSA) is 56.2 Å². The molecule has 1 heterocycles. The van der Waals surface area contributed by atoms with E-state index in [-0.39, 0.29) is 11.4 Å². The summed E-state index contributed by atoms with van der Waals surface area (Å²) in [6.45, 7) is 0.484. The molecule has 1 amide bonds. The van der Waals surface area contributed by atoms with Gasteiger partial charge >= 0.3 is 6.61 Å². The summed E-state index contributed by atoms with van der Waals surface area (Å²) in [4.78, 5) is 12.2. The lowest BCUT2D eigenvalue weighted by atomic mass is 10.2. The zero-order valence-electron chi connectivity index (χ0n) is 11.9. The smallest absolute Gasteiger partial charge is 0.387 e. The lowest BCUT2D eigenvalue weighted by molar-refractivity contribution is -0.0494. The molecule has 7 heteroatoms. The Morgan fingerprint density at radius 1 is 1.38 bits per heavy atom. The molecule has 0 aliphatic carbocycles. The van der Waals surface area contributed by atoms with Crippen molar-refractivity contribution < 1.29 is 18.3 Å². The molecule has 0 aliphatic heterocycles. The van der Waals surface area contributed by atoms with E-state index in [1.54, 1.807) is 33.2 Å². The number of halogens is 2. The Bertz CT molecular complexity index is 668. The van der Waals surface area contributed by atoms with Gasteiger partial charge in [-0.3, -0.25) is 9.48 Å². The summed E-state index contributed by atoms with van der Waals surface area (Å²) in [5, 5.41) is 6.63. The molecule has 5 nitrogen and oxygen atoms in total. The summed E-state index contributed by atoms with van der Waals surface area (Å²) in [5.74, 6) is -0.497. The second-order valence-electron chi connectivity index (χ2n) is 4.63. The molecule has 0 aliphatic rings. The number of hydrogen-bond donors (Lipinski definition) is 1. The maximum atomic E-state index is 12.4. The van der Waals surface area contributed by atoms with Crippen LogP contribution in [0.3, 0.4) is 0 Å². The molecule has 0 spiro atoms. The van der Waals surface area contributed by atoms with Gasteiger partial charge in [0.2, 0.25) is 0 Å². The highest BCUT2D eigenvalue weighted by atomic mass is 19.3. The van der Waals surface area contributed by atoms with E-state index >= 15 is 0 Å². The molecule has 1 aromatic carbocycles. The van der Waals surface area contributed by atoms with Gasteiger partial charge in [0.1, 0.15) is 5.75 Å². The van der Waals surface area contributed by atoms with E-state index in [2.05, 4.69) is 15.2 Å². The lowest BCUT2D eigenvalue weighted by Crippen LogP contribution is -2.14. The standard InChI is InChI=1S/C14H15F2N3O2/c1-8-4-5-11(12(6-8)21-14(15)16)17-13(20)10-7-19(3)18-9(10)2/h4-7,14H,1-3H3,(H,17,20). The third kappa shape index (κ3) is 3.56. The molecular weight excluding hydrogens is 280 g/mol. The minimum Gasteiger partial charge on any atom is -0.433 e. The number of ether oxygens (including phenoxy) is 1. The van der Waals surface area contributed by atoms with Crippen molar-refractivity contribution in [2.75, 3.05) is 5.32 Å². The summed E-state index contributed by atoms with van der Waals surface area (Å²) in [6, 6.07) is 4.67. The van der Waals surface area contributed by atoms with Crippen LogP contribution in [-0.4, -0.2) is 22.3 Å². The third-order valence-electron chi connectivity index (χ3n) is 2.86. The molecule has 1 N–H and O–H groups in total. The van der Waals surface area contributed by atoms with Crippen LogP contribution in [0.25, 0.3) is 0 Å². The Morgan fingerprint density at radius 3 is 2.67 bits per heavy atom. The van der Waals surface area contributed by atoms with Crippen LogP contribution in [0.15, 0.2) is 24.4 Å². The number of alkyl halides is 2. The van der Waals surface area contributed by atoms with Gasteiger partial charge in [-0.2, -0.15) is 13.9 Å². The second kappa shape index (κ2) is 5.90. The Morgan fingerprint density at radius 2 is 2.10 bits per heavy atom. The van der Waals surface area contributed by atoms with Crippen molar-refractivity contribution in [3.05, 3.63) is 41.2 Å². The summed E-state index contributed by atoms with van der Waals surface area (Å²) in [6.07, 6.45) is 1.56. The van der Waals surface area contributed by atoms with Gasteiger partial charge in [0.05, 0.1) is 16.9 Å². The molecule has 0 bridgehead atoms. The fraction of sp³-hybridized carbons (Fsp3) is 0.286. The van der Waals surface area contributed by atoms with Crippen molar-refractivity contribution in [2.45, 2.75) is 20.5 Å². The maximum Gasteiger partial charge on any atom is 0.387 e. The van der Waals surface area contributed by atoms with Crippen molar-refractivity contribution in [3.8, 4) is 5.75 Å². The number of anilines is 1. The van der Waals surface area contributed by atoms with Crippen LogP contribution in [0.5, 0.6) is 5.75 Å². The van der Waals surface area contributed by atoms with Crippen molar-refractivity contribution in [2.24, 2.45) is 7.05 Å². The first kappa shape index (κ1) is 15.0. The van der Waals surface area contributed by atoms with E-state index in [9.17, 15) is 13.6 Å².